The predicted molar refractivity (Wildman–Crippen MR) is 99.7 cm³/mol. The van der Waals surface area contributed by atoms with Crippen LogP contribution in [0.4, 0.5) is 5.69 Å². The van der Waals surface area contributed by atoms with Crippen LogP contribution >= 0.6 is 0 Å². The Morgan fingerprint density at radius 3 is 2.80 bits per heavy atom. The van der Waals surface area contributed by atoms with Gasteiger partial charge in [0.1, 0.15) is 5.75 Å². The summed E-state index contributed by atoms with van der Waals surface area (Å²) in [5.41, 5.74) is 3.84. The van der Waals surface area contributed by atoms with Gasteiger partial charge in [0.25, 0.3) is 0 Å². The molecule has 3 heteroatoms. The topological polar surface area (TPSA) is 36.3 Å². The van der Waals surface area contributed by atoms with Gasteiger partial charge in [0.2, 0.25) is 0 Å². The van der Waals surface area contributed by atoms with Crippen molar-refractivity contribution in [2.45, 2.75) is 37.6 Å². The second-order valence-electron chi connectivity index (χ2n) is 7.31. The van der Waals surface area contributed by atoms with Crippen LogP contribution in [0.5, 0.6) is 5.75 Å². The monoisotopic (exact) mass is 332 g/mol. The molecule has 2 atom stereocenters. The highest BCUT2D eigenvalue weighted by Gasteiger charge is 2.49. The molecule has 0 radical (unpaired) electrons. The lowest BCUT2D eigenvalue weighted by atomic mass is 9.64. The molecular weight excluding hydrogens is 308 g/mol. The number of methoxy groups -OCH3 is 1. The molecule has 0 aromatic heterocycles. The number of hydrogen-bond donors (Lipinski definition) is 0. The van der Waals surface area contributed by atoms with E-state index in [-0.39, 0.29) is 11.3 Å². The van der Waals surface area contributed by atoms with Crippen molar-refractivity contribution < 1.29 is 4.74 Å². The smallest absolute Gasteiger partial charge is 0.119 e. The van der Waals surface area contributed by atoms with Gasteiger partial charge in [0, 0.05) is 24.2 Å². The largest absolute Gasteiger partial charge is 0.497 e. The molecule has 1 saturated carbocycles. The summed E-state index contributed by atoms with van der Waals surface area (Å²) in [7, 11) is 1.72. The van der Waals surface area contributed by atoms with Crippen LogP contribution in [-0.2, 0) is 12.0 Å². The van der Waals surface area contributed by atoms with Crippen LogP contribution in [0.2, 0.25) is 0 Å². The molecule has 128 valence electrons. The molecule has 1 spiro atoms. The van der Waals surface area contributed by atoms with E-state index in [0.717, 1.165) is 38.1 Å². The zero-order valence-corrected chi connectivity index (χ0v) is 14.7. The van der Waals surface area contributed by atoms with Crippen molar-refractivity contribution in [3.8, 4) is 11.8 Å². The van der Waals surface area contributed by atoms with Gasteiger partial charge in [0.05, 0.1) is 19.1 Å². The van der Waals surface area contributed by atoms with Crippen molar-refractivity contribution in [3.05, 3.63) is 59.7 Å². The van der Waals surface area contributed by atoms with E-state index < -0.39 is 0 Å². The molecule has 0 N–H and O–H groups in total. The lowest BCUT2D eigenvalue weighted by Gasteiger charge is -2.38. The van der Waals surface area contributed by atoms with Crippen molar-refractivity contribution in [2.75, 3.05) is 18.6 Å². The molecule has 25 heavy (non-hydrogen) atoms. The molecule has 1 aliphatic carbocycles. The quantitative estimate of drug-likeness (QED) is 0.819. The van der Waals surface area contributed by atoms with Crippen LogP contribution in [0.3, 0.4) is 0 Å². The minimum absolute atomic E-state index is 0.0499. The molecule has 4 rings (SSSR count). The molecule has 1 fully saturated rings. The Labute approximate surface area is 149 Å². The fourth-order valence-corrected chi connectivity index (χ4v) is 4.71. The number of fused-ring (bicyclic) bond motifs is 2. The molecule has 0 bridgehead atoms. The van der Waals surface area contributed by atoms with Gasteiger partial charge < -0.3 is 9.64 Å². The molecule has 0 saturated heterocycles. The average Bonchev–Trinajstić information content (AvgIpc) is 2.96. The molecular formula is C22H24N2O. The first kappa shape index (κ1) is 16.0. The third-order valence-electron chi connectivity index (χ3n) is 5.96. The Morgan fingerprint density at radius 2 is 2.04 bits per heavy atom. The molecule has 2 aromatic rings. The zero-order chi connectivity index (χ0) is 17.3. The second-order valence-corrected chi connectivity index (χ2v) is 7.31. The Hall–Kier alpha value is -2.47. The lowest BCUT2D eigenvalue weighted by Crippen LogP contribution is -2.41. The van der Waals surface area contributed by atoms with Crippen molar-refractivity contribution in [2.24, 2.45) is 5.92 Å². The van der Waals surface area contributed by atoms with Crippen LogP contribution in [0.15, 0.2) is 48.5 Å². The first-order valence-electron chi connectivity index (χ1n) is 9.14. The fraction of sp³-hybridized carbons (Fsp3) is 0.409. The molecule has 2 aromatic carbocycles. The van der Waals surface area contributed by atoms with Crippen LogP contribution in [0.1, 0.15) is 36.8 Å². The summed E-state index contributed by atoms with van der Waals surface area (Å²) in [6.07, 6.45) is 4.47. The van der Waals surface area contributed by atoms with Crippen LogP contribution < -0.4 is 9.64 Å². The Kier molecular flexibility index (Phi) is 4.13. The highest BCUT2D eigenvalue weighted by atomic mass is 16.5. The van der Waals surface area contributed by atoms with Gasteiger partial charge in [-0.2, -0.15) is 5.26 Å². The maximum absolute atomic E-state index is 9.84. The van der Waals surface area contributed by atoms with E-state index in [0.29, 0.717) is 0 Å². The van der Waals surface area contributed by atoms with Crippen molar-refractivity contribution in [3.63, 3.8) is 0 Å². The zero-order valence-electron chi connectivity index (χ0n) is 14.7. The van der Waals surface area contributed by atoms with E-state index >= 15 is 0 Å². The van der Waals surface area contributed by atoms with Gasteiger partial charge in [0.15, 0.2) is 0 Å². The highest BCUT2D eigenvalue weighted by molar-refractivity contribution is 5.65. The van der Waals surface area contributed by atoms with E-state index in [1.165, 1.54) is 23.2 Å². The van der Waals surface area contributed by atoms with Crippen molar-refractivity contribution in [1.82, 2.24) is 0 Å². The molecule has 1 heterocycles. The van der Waals surface area contributed by atoms with Crippen LogP contribution in [0, 0.1) is 17.2 Å². The van der Waals surface area contributed by atoms with E-state index in [1.54, 1.807) is 7.11 Å². The number of anilines is 1. The molecule has 0 amide bonds. The summed E-state index contributed by atoms with van der Waals surface area (Å²) in [5.74, 6) is 0.981. The highest BCUT2D eigenvalue weighted by Crippen LogP contribution is 2.53. The van der Waals surface area contributed by atoms with Gasteiger partial charge in [-0.25, -0.2) is 0 Å². The molecule has 3 nitrogen and oxygen atoms in total. The predicted octanol–water partition coefficient (Wildman–Crippen LogP) is 4.67. The first-order valence-corrected chi connectivity index (χ1v) is 9.14. The van der Waals surface area contributed by atoms with E-state index in [4.69, 9.17) is 4.74 Å². The van der Waals surface area contributed by atoms with Crippen molar-refractivity contribution >= 4 is 5.69 Å². The van der Waals surface area contributed by atoms with E-state index in [2.05, 4.69) is 53.4 Å². The Balaban J connectivity index is 1.77. The number of nitriles is 1. The Morgan fingerprint density at radius 1 is 1.20 bits per heavy atom. The van der Waals surface area contributed by atoms with E-state index in [9.17, 15) is 5.26 Å². The standard InChI is InChI=1S/C22H24N2O/c1-25-19-10-11-21-20(13-19)22(12-6-5-9-18(22)14-23)16-24(21)15-17-7-3-2-4-8-17/h2-4,7-8,10-11,13,18H,5-6,9,12,15-16H2,1H3. The maximum Gasteiger partial charge on any atom is 0.119 e. The number of benzene rings is 2. The summed E-state index contributed by atoms with van der Waals surface area (Å²) < 4.78 is 5.49. The van der Waals surface area contributed by atoms with Gasteiger partial charge in [-0.05, 0) is 42.2 Å². The fourth-order valence-electron chi connectivity index (χ4n) is 4.71. The van der Waals surface area contributed by atoms with E-state index in [1.807, 2.05) is 6.07 Å². The maximum atomic E-state index is 9.84. The van der Waals surface area contributed by atoms with Gasteiger partial charge >= 0.3 is 0 Å². The minimum Gasteiger partial charge on any atom is -0.497 e. The number of nitrogens with zero attached hydrogens (tertiary/aromatic N) is 2. The van der Waals surface area contributed by atoms with Gasteiger partial charge in [-0.15, -0.1) is 0 Å². The lowest BCUT2D eigenvalue weighted by molar-refractivity contribution is 0.246. The molecule has 2 aliphatic rings. The number of hydrogen-bond acceptors (Lipinski definition) is 3. The average molecular weight is 332 g/mol. The van der Waals surface area contributed by atoms with Crippen LogP contribution in [-0.4, -0.2) is 13.7 Å². The summed E-state index contributed by atoms with van der Waals surface area (Å²) in [6, 6.07) is 19.6. The first-order chi connectivity index (χ1) is 12.3. The second kappa shape index (κ2) is 6.44. The summed E-state index contributed by atoms with van der Waals surface area (Å²) in [4.78, 5) is 2.46. The van der Waals surface area contributed by atoms with Gasteiger partial charge in [-0.3, -0.25) is 0 Å². The summed E-state index contributed by atoms with van der Waals surface area (Å²) in [5, 5.41) is 9.84. The third-order valence-corrected chi connectivity index (χ3v) is 5.96. The molecule has 1 aliphatic heterocycles. The minimum atomic E-state index is -0.0499. The molecule has 2 unspecified atom stereocenters. The van der Waals surface area contributed by atoms with Gasteiger partial charge in [-0.1, -0.05) is 43.2 Å². The normalized spacial score (nSPS) is 24.8. The Bertz CT molecular complexity index is 795. The van der Waals surface area contributed by atoms with Crippen LogP contribution in [0.25, 0.3) is 0 Å². The third kappa shape index (κ3) is 2.66. The summed E-state index contributed by atoms with van der Waals surface area (Å²) >= 11 is 0. The van der Waals surface area contributed by atoms with Crippen molar-refractivity contribution in [1.29, 1.82) is 5.26 Å². The number of ether oxygens (including phenoxy) is 1. The summed E-state index contributed by atoms with van der Waals surface area (Å²) in [6.45, 7) is 1.82. The SMILES string of the molecule is COc1ccc2c(c1)C1(CCCCC1C#N)CN2Cc1ccccc1. The number of rotatable bonds is 3.